The smallest absolute Gasteiger partial charge is 0.318 e. The predicted molar refractivity (Wildman–Crippen MR) is 131 cm³/mol. The summed E-state index contributed by atoms with van der Waals surface area (Å²) in [5.41, 5.74) is 7.16. The summed E-state index contributed by atoms with van der Waals surface area (Å²) in [5.74, 6) is -1.94. The number of carboxylic acid groups (broad SMARTS) is 2. The zero-order valence-electron chi connectivity index (χ0n) is 20.1. The molecule has 0 amide bonds. The molecule has 4 heteroatoms. The van der Waals surface area contributed by atoms with Gasteiger partial charge in [-0.05, 0) is 98.9 Å². The maximum absolute atomic E-state index is 13.2. The van der Waals surface area contributed by atoms with Crippen molar-refractivity contribution in [2.45, 2.75) is 66.2 Å². The van der Waals surface area contributed by atoms with E-state index in [0.717, 1.165) is 44.5 Å². The molecule has 2 rings (SSSR count). The Morgan fingerprint density at radius 1 is 0.812 bits per heavy atom. The van der Waals surface area contributed by atoms with Crippen LogP contribution in [0.3, 0.4) is 0 Å². The zero-order chi connectivity index (χ0) is 24.4. The first-order valence-electron chi connectivity index (χ1n) is 10.8. The number of aliphatic carboxylic acids is 2. The molecular formula is C28H34O4. The van der Waals surface area contributed by atoms with Gasteiger partial charge in [0.05, 0.1) is 0 Å². The van der Waals surface area contributed by atoms with Gasteiger partial charge in [-0.2, -0.15) is 0 Å². The molecular weight excluding hydrogens is 400 g/mol. The number of rotatable bonds is 9. The summed E-state index contributed by atoms with van der Waals surface area (Å²) in [4.78, 5) is 24.5. The van der Waals surface area contributed by atoms with E-state index in [1.54, 1.807) is 0 Å². The summed E-state index contributed by atoms with van der Waals surface area (Å²) in [6.07, 6.45) is 0.280. The highest BCUT2D eigenvalue weighted by Gasteiger charge is 2.45. The van der Waals surface area contributed by atoms with E-state index in [4.69, 9.17) is 0 Å². The predicted octanol–water partition coefficient (Wildman–Crippen LogP) is 6.61. The first-order chi connectivity index (χ1) is 14.9. The lowest BCUT2D eigenvalue weighted by Gasteiger charge is -2.36. The number of carbonyl (C=O) groups is 2. The van der Waals surface area contributed by atoms with Gasteiger partial charge in [-0.3, -0.25) is 9.59 Å². The van der Waals surface area contributed by atoms with Crippen LogP contribution < -0.4 is 0 Å². The molecule has 0 aliphatic heterocycles. The van der Waals surface area contributed by atoms with Gasteiger partial charge in [-0.1, -0.05) is 48.6 Å². The quantitative estimate of drug-likeness (QED) is 0.465. The van der Waals surface area contributed by atoms with Gasteiger partial charge in [0.15, 0.2) is 0 Å². The van der Waals surface area contributed by atoms with Crippen LogP contribution in [-0.4, -0.2) is 22.2 Å². The van der Waals surface area contributed by atoms with Gasteiger partial charge in [0.2, 0.25) is 0 Å². The molecule has 0 aliphatic carbocycles. The second-order valence-corrected chi connectivity index (χ2v) is 8.88. The summed E-state index contributed by atoms with van der Waals surface area (Å²) in [7, 11) is 0. The average Bonchev–Trinajstić information content (AvgIpc) is 2.68. The lowest BCUT2D eigenvalue weighted by molar-refractivity contribution is -0.143. The highest BCUT2D eigenvalue weighted by molar-refractivity contribution is 5.91. The molecule has 4 nitrogen and oxygen atoms in total. The fourth-order valence-electron chi connectivity index (χ4n) is 4.70. The van der Waals surface area contributed by atoms with Gasteiger partial charge in [0.25, 0.3) is 0 Å². The molecule has 0 bridgehead atoms. The third-order valence-electron chi connectivity index (χ3n) is 6.55. The molecule has 0 radical (unpaired) electrons. The van der Waals surface area contributed by atoms with Gasteiger partial charge in [-0.15, -0.1) is 0 Å². The maximum atomic E-state index is 13.2. The molecule has 170 valence electrons. The molecule has 0 saturated carbocycles. The standard InChI is InChI=1S/C28H34O4/c1-16(2)25-20(7)18(5)11-13-22(25)28(27(31)32,15-9-10-24(29)30)23-14-12-19(6)21(8)26(23)17(3)4/h11-14H,1,3,9-10,15H2,2,4-8H3,(H,29,30)(H,31,32). The van der Waals surface area contributed by atoms with Crippen molar-refractivity contribution in [3.63, 3.8) is 0 Å². The molecule has 0 atom stereocenters. The van der Waals surface area contributed by atoms with Crippen LogP contribution in [0.5, 0.6) is 0 Å². The van der Waals surface area contributed by atoms with Crippen LogP contribution >= 0.6 is 0 Å². The van der Waals surface area contributed by atoms with Gasteiger partial charge in [0.1, 0.15) is 5.41 Å². The number of benzene rings is 2. The lowest BCUT2D eigenvalue weighted by atomic mass is 9.65. The van der Waals surface area contributed by atoms with Crippen molar-refractivity contribution in [3.05, 3.63) is 81.9 Å². The normalized spacial score (nSPS) is 11.3. The van der Waals surface area contributed by atoms with Crippen LogP contribution in [0.15, 0.2) is 37.4 Å². The Morgan fingerprint density at radius 2 is 1.22 bits per heavy atom. The van der Waals surface area contributed by atoms with Crippen LogP contribution in [0, 0.1) is 27.7 Å². The van der Waals surface area contributed by atoms with Crippen molar-refractivity contribution in [2.24, 2.45) is 0 Å². The van der Waals surface area contributed by atoms with Crippen LogP contribution in [-0.2, 0) is 15.0 Å². The summed E-state index contributed by atoms with van der Waals surface area (Å²) in [6, 6.07) is 7.62. The molecule has 2 aromatic carbocycles. The van der Waals surface area contributed by atoms with E-state index in [1.807, 2.05) is 65.8 Å². The minimum absolute atomic E-state index is 0.102. The average molecular weight is 435 g/mol. The fourth-order valence-corrected chi connectivity index (χ4v) is 4.70. The van der Waals surface area contributed by atoms with E-state index in [0.29, 0.717) is 11.1 Å². The van der Waals surface area contributed by atoms with Crippen LogP contribution in [0.1, 0.15) is 77.6 Å². The fraction of sp³-hybridized carbons (Fsp3) is 0.357. The topological polar surface area (TPSA) is 74.6 Å². The molecule has 0 unspecified atom stereocenters. The molecule has 0 spiro atoms. The second kappa shape index (κ2) is 9.56. The van der Waals surface area contributed by atoms with Gasteiger partial charge in [-0.25, -0.2) is 0 Å². The van der Waals surface area contributed by atoms with Crippen molar-refractivity contribution in [2.75, 3.05) is 0 Å². The Bertz CT molecular complexity index is 1040. The molecule has 0 saturated heterocycles. The third-order valence-corrected chi connectivity index (χ3v) is 6.55. The van der Waals surface area contributed by atoms with E-state index in [2.05, 4.69) is 13.2 Å². The minimum Gasteiger partial charge on any atom is -0.481 e. The monoisotopic (exact) mass is 434 g/mol. The Labute approximate surface area is 191 Å². The summed E-state index contributed by atoms with van der Waals surface area (Å²) in [5, 5.41) is 20.1. The summed E-state index contributed by atoms with van der Waals surface area (Å²) < 4.78 is 0. The Morgan fingerprint density at radius 3 is 1.53 bits per heavy atom. The summed E-state index contributed by atoms with van der Waals surface area (Å²) in [6.45, 7) is 20.0. The van der Waals surface area contributed by atoms with Gasteiger partial charge in [0, 0.05) is 6.42 Å². The van der Waals surface area contributed by atoms with Crippen LogP contribution in [0.4, 0.5) is 0 Å². The Kier molecular flexibility index (Phi) is 7.50. The Hall–Kier alpha value is -3.14. The number of carboxylic acids is 2. The van der Waals surface area contributed by atoms with E-state index >= 15 is 0 Å². The van der Waals surface area contributed by atoms with Crippen molar-refractivity contribution >= 4 is 23.1 Å². The van der Waals surface area contributed by atoms with Crippen molar-refractivity contribution in [1.29, 1.82) is 0 Å². The van der Waals surface area contributed by atoms with Crippen molar-refractivity contribution in [3.8, 4) is 0 Å². The van der Waals surface area contributed by atoms with Gasteiger partial charge >= 0.3 is 11.9 Å². The van der Waals surface area contributed by atoms with Crippen LogP contribution in [0.2, 0.25) is 0 Å². The van der Waals surface area contributed by atoms with E-state index < -0.39 is 17.4 Å². The Balaban J connectivity index is 3.06. The van der Waals surface area contributed by atoms with Gasteiger partial charge < -0.3 is 10.2 Å². The third kappa shape index (κ3) is 4.40. The molecule has 2 N–H and O–H groups in total. The van der Waals surface area contributed by atoms with E-state index in [1.165, 1.54) is 0 Å². The SMILES string of the molecule is C=C(C)c1c(C(CCCC(=O)O)(C(=O)O)c2ccc(C)c(C)c2C(=C)C)ccc(C)c1C. The van der Waals surface area contributed by atoms with Crippen LogP contribution in [0.25, 0.3) is 11.1 Å². The number of aryl methyl sites for hydroxylation is 2. The van der Waals surface area contributed by atoms with Crippen molar-refractivity contribution in [1.82, 2.24) is 0 Å². The molecule has 0 aliphatic rings. The van der Waals surface area contributed by atoms with Crippen molar-refractivity contribution < 1.29 is 19.8 Å². The number of hydrogen-bond acceptors (Lipinski definition) is 2. The number of hydrogen-bond donors (Lipinski definition) is 2. The first kappa shape index (κ1) is 25.1. The molecule has 2 aromatic rings. The zero-order valence-corrected chi connectivity index (χ0v) is 20.1. The maximum Gasteiger partial charge on any atom is 0.318 e. The summed E-state index contributed by atoms with van der Waals surface area (Å²) >= 11 is 0. The molecule has 32 heavy (non-hydrogen) atoms. The minimum atomic E-state index is -1.44. The largest absolute Gasteiger partial charge is 0.481 e. The highest BCUT2D eigenvalue weighted by atomic mass is 16.4. The molecule has 0 fully saturated rings. The second-order valence-electron chi connectivity index (χ2n) is 8.88. The molecule has 0 aromatic heterocycles. The highest BCUT2D eigenvalue weighted by Crippen LogP contribution is 2.46. The number of allylic oxidation sites excluding steroid dienone is 2. The van der Waals surface area contributed by atoms with E-state index in [9.17, 15) is 19.8 Å². The lowest BCUT2D eigenvalue weighted by Crippen LogP contribution is -2.39. The molecule has 0 heterocycles. The first-order valence-corrected chi connectivity index (χ1v) is 10.8. The van der Waals surface area contributed by atoms with E-state index in [-0.39, 0.29) is 19.3 Å².